The molecule has 0 aliphatic carbocycles. The zero-order valence-corrected chi connectivity index (χ0v) is 13.5. The van der Waals surface area contributed by atoms with Crippen LogP contribution in [0.25, 0.3) is 0 Å². The van der Waals surface area contributed by atoms with E-state index in [4.69, 9.17) is 4.42 Å². The van der Waals surface area contributed by atoms with E-state index in [2.05, 4.69) is 10.6 Å². The van der Waals surface area contributed by atoms with Gasteiger partial charge in [-0.2, -0.15) is 0 Å². The Hall–Kier alpha value is -2.76. The normalized spacial score (nSPS) is 14.5. The SMILES string of the molecule is O=C(NCc1ccoc1)NCc1cccc(N2CCCCC2=O)c1. The van der Waals surface area contributed by atoms with Gasteiger partial charge in [0.05, 0.1) is 12.5 Å². The predicted molar refractivity (Wildman–Crippen MR) is 90.4 cm³/mol. The zero-order valence-electron chi connectivity index (χ0n) is 13.5. The number of benzene rings is 1. The van der Waals surface area contributed by atoms with Crippen molar-refractivity contribution in [2.24, 2.45) is 0 Å². The molecule has 2 heterocycles. The number of rotatable bonds is 5. The molecule has 3 amide bonds. The molecule has 2 N–H and O–H groups in total. The molecule has 1 aromatic heterocycles. The summed E-state index contributed by atoms with van der Waals surface area (Å²) in [5.41, 5.74) is 2.78. The van der Waals surface area contributed by atoms with Crippen molar-refractivity contribution in [2.45, 2.75) is 32.4 Å². The molecule has 0 atom stereocenters. The number of hydrogen-bond acceptors (Lipinski definition) is 3. The summed E-state index contributed by atoms with van der Waals surface area (Å²) in [4.78, 5) is 25.7. The highest BCUT2D eigenvalue weighted by atomic mass is 16.3. The number of carbonyl (C=O) groups excluding carboxylic acids is 2. The fourth-order valence-electron chi connectivity index (χ4n) is 2.73. The second kappa shape index (κ2) is 7.68. The van der Waals surface area contributed by atoms with E-state index < -0.39 is 0 Å². The molecule has 24 heavy (non-hydrogen) atoms. The van der Waals surface area contributed by atoms with Crippen LogP contribution in [0.2, 0.25) is 0 Å². The third-order valence-corrected chi connectivity index (χ3v) is 4.03. The van der Waals surface area contributed by atoms with Gasteiger partial charge in [-0.15, -0.1) is 0 Å². The Morgan fingerprint density at radius 1 is 1.12 bits per heavy atom. The summed E-state index contributed by atoms with van der Waals surface area (Å²) < 4.78 is 4.95. The number of carbonyl (C=O) groups is 2. The monoisotopic (exact) mass is 327 g/mol. The van der Waals surface area contributed by atoms with Gasteiger partial charge in [-0.25, -0.2) is 4.79 Å². The smallest absolute Gasteiger partial charge is 0.315 e. The summed E-state index contributed by atoms with van der Waals surface area (Å²) in [6, 6.07) is 9.31. The summed E-state index contributed by atoms with van der Waals surface area (Å²) in [7, 11) is 0. The first-order valence-corrected chi connectivity index (χ1v) is 8.14. The van der Waals surface area contributed by atoms with E-state index in [0.29, 0.717) is 19.5 Å². The zero-order chi connectivity index (χ0) is 16.8. The lowest BCUT2D eigenvalue weighted by Gasteiger charge is -2.27. The Kier molecular flexibility index (Phi) is 5.15. The average Bonchev–Trinajstić information content (AvgIpc) is 3.12. The maximum Gasteiger partial charge on any atom is 0.315 e. The third-order valence-electron chi connectivity index (χ3n) is 4.03. The van der Waals surface area contributed by atoms with Crippen LogP contribution >= 0.6 is 0 Å². The first kappa shape index (κ1) is 16.1. The minimum Gasteiger partial charge on any atom is -0.472 e. The van der Waals surface area contributed by atoms with Gasteiger partial charge >= 0.3 is 6.03 Å². The molecule has 126 valence electrons. The number of hydrogen-bond donors (Lipinski definition) is 2. The third kappa shape index (κ3) is 4.16. The molecule has 1 aliphatic rings. The van der Waals surface area contributed by atoms with E-state index in [1.807, 2.05) is 29.2 Å². The molecular formula is C18H21N3O3. The minimum absolute atomic E-state index is 0.171. The fraction of sp³-hybridized carbons (Fsp3) is 0.333. The Bertz CT molecular complexity index is 697. The molecule has 0 radical (unpaired) electrons. The molecule has 2 aromatic rings. The highest BCUT2D eigenvalue weighted by Crippen LogP contribution is 2.21. The van der Waals surface area contributed by atoms with Crippen molar-refractivity contribution < 1.29 is 14.0 Å². The maximum atomic E-state index is 12.0. The van der Waals surface area contributed by atoms with Crippen molar-refractivity contribution in [1.82, 2.24) is 10.6 Å². The lowest BCUT2D eigenvalue weighted by molar-refractivity contribution is -0.119. The predicted octanol–water partition coefficient (Wildman–Crippen LogP) is 2.80. The van der Waals surface area contributed by atoms with Crippen molar-refractivity contribution >= 4 is 17.6 Å². The fourth-order valence-corrected chi connectivity index (χ4v) is 2.73. The minimum atomic E-state index is -0.240. The second-order valence-electron chi connectivity index (χ2n) is 5.84. The summed E-state index contributed by atoms with van der Waals surface area (Å²) in [5.74, 6) is 0.171. The number of amides is 3. The van der Waals surface area contributed by atoms with Gasteiger partial charge in [-0.3, -0.25) is 4.79 Å². The molecule has 0 spiro atoms. The van der Waals surface area contributed by atoms with Crippen molar-refractivity contribution in [1.29, 1.82) is 0 Å². The molecule has 6 heteroatoms. The lowest BCUT2D eigenvalue weighted by atomic mass is 10.1. The molecule has 3 rings (SSSR count). The van der Waals surface area contributed by atoms with E-state index in [-0.39, 0.29) is 11.9 Å². The highest BCUT2D eigenvalue weighted by Gasteiger charge is 2.19. The van der Waals surface area contributed by atoms with Crippen LogP contribution in [0.1, 0.15) is 30.4 Å². The van der Waals surface area contributed by atoms with Gasteiger partial charge in [0.15, 0.2) is 0 Å². The summed E-state index contributed by atoms with van der Waals surface area (Å²) in [6.07, 6.45) is 5.78. The molecule has 1 fully saturated rings. The Balaban J connectivity index is 1.52. The van der Waals surface area contributed by atoms with Crippen molar-refractivity contribution in [3.05, 3.63) is 54.0 Å². The van der Waals surface area contributed by atoms with Crippen LogP contribution in [0, 0.1) is 0 Å². The summed E-state index contributed by atoms with van der Waals surface area (Å²) >= 11 is 0. The highest BCUT2D eigenvalue weighted by molar-refractivity contribution is 5.94. The van der Waals surface area contributed by atoms with Crippen molar-refractivity contribution in [3.8, 4) is 0 Å². The Labute approximate surface area is 140 Å². The number of anilines is 1. The molecule has 6 nitrogen and oxygen atoms in total. The van der Waals surface area contributed by atoms with Gasteiger partial charge in [0.25, 0.3) is 0 Å². The molecule has 0 saturated carbocycles. The average molecular weight is 327 g/mol. The second-order valence-corrected chi connectivity index (χ2v) is 5.84. The van der Waals surface area contributed by atoms with Crippen LogP contribution < -0.4 is 15.5 Å². The maximum absolute atomic E-state index is 12.0. The summed E-state index contributed by atoms with van der Waals surface area (Å²) in [6.45, 7) is 1.60. The standard InChI is InChI=1S/C18H21N3O3/c22-17-6-1-2-8-21(17)16-5-3-4-14(10-16)11-19-18(23)20-12-15-7-9-24-13-15/h3-5,7,9-10,13H,1-2,6,8,11-12H2,(H2,19,20,23). The van der Waals surface area contributed by atoms with E-state index in [1.165, 1.54) is 0 Å². The number of furan rings is 1. The quantitative estimate of drug-likeness (QED) is 0.887. The van der Waals surface area contributed by atoms with Crippen molar-refractivity contribution in [2.75, 3.05) is 11.4 Å². The molecule has 1 aliphatic heterocycles. The van der Waals surface area contributed by atoms with Gasteiger partial charge in [0, 0.05) is 37.3 Å². The van der Waals surface area contributed by atoms with Crippen LogP contribution in [0.4, 0.5) is 10.5 Å². The number of nitrogens with zero attached hydrogens (tertiary/aromatic N) is 1. The van der Waals surface area contributed by atoms with Crippen LogP contribution in [-0.4, -0.2) is 18.5 Å². The Morgan fingerprint density at radius 3 is 2.71 bits per heavy atom. The van der Waals surface area contributed by atoms with Crippen LogP contribution in [0.15, 0.2) is 47.3 Å². The number of piperidine rings is 1. The first-order chi connectivity index (χ1) is 11.7. The van der Waals surface area contributed by atoms with E-state index in [9.17, 15) is 9.59 Å². The molecular weight excluding hydrogens is 306 g/mol. The van der Waals surface area contributed by atoms with Crippen LogP contribution in [-0.2, 0) is 17.9 Å². The number of nitrogens with one attached hydrogen (secondary N) is 2. The van der Waals surface area contributed by atoms with Gasteiger partial charge < -0.3 is 20.0 Å². The van der Waals surface area contributed by atoms with Crippen molar-refractivity contribution in [3.63, 3.8) is 0 Å². The van der Waals surface area contributed by atoms with E-state index in [1.54, 1.807) is 18.6 Å². The van der Waals surface area contributed by atoms with Crippen LogP contribution in [0.3, 0.4) is 0 Å². The molecule has 1 aromatic carbocycles. The van der Waals surface area contributed by atoms with E-state index in [0.717, 1.165) is 36.2 Å². The van der Waals surface area contributed by atoms with E-state index >= 15 is 0 Å². The van der Waals surface area contributed by atoms with Crippen LogP contribution in [0.5, 0.6) is 0 Å². The Morgan fingerprint density at radius 2 is 1.96 bits per heavy atom. The van der Waals surface area contributed by atoms with Gasteiger partial charge in [0.1, 0.15) is 0 Å². The van der Waals surface area contributed by atoms with Gasteiger partial charge in [0.2, 0.25) is 5.91 Å². The molecule has 0 unspecified atom stereocenters. The lowest BCUT2D eigenvalue weighted by Crippen LogP contribution is -2.36. The molecule has 0 bridgehead atoms. The largest absolute Gasteiger partial charge is 0.472 e. The van der Waals surface area contributed by atoms with Gasteiger partial charge in [-0.1, -0.05) is 12.1 Å². The first-order valence-electron chi connectivity index (χ1n) is 8.14. The molecule has 1 saturated heterocycles. The topological polar surface area (TPSA) is 74.6 Å². The van der Waals surface area contributed by atoms with Gasteiger partial charge in [-0.05, 0) is 36.6 Å². The summed E-state index contributed by atoms with van der Waals surface area (Å²) in [5, 5.41) is 5.58. The number of urea groups is 1.